The van der Waals surface area contributed by atoms with Gasteiger partial charge in [-0.25, -0.2) is 9.97 Å². The standard InChI is InChI=1S/C13H23N5O/c1-7(2)9(5)16-13(19)11-10(18-14)6-15-12(17-11)8(3)4/h6-9,18H,14H2,1-5H3,(H,16,19). The lowest BCUT2D eigenvalue weighted by molar-refractivity contribution is 0.0926. The molecule has 0 aromatic carbocycles. The number of nitrogens with zero attached hydrogens (tertiary/aromatic N) is 2. The first-order valence-corrected chi connectivity index (χ1v) is 6.51. The minimum Gasteiger partial charge on any atom is -0.348 e. The summed E-state index contributed by atoms with van der Waals surface area (Å²) in [5, 5.41) is 2.91. The molecule has 1 unspecified atom stereocenters. The van der Waals surface area contributed by atoms with Crippen molar-refractivity contribution in [2.75, 3.05) is 5.43 Å². The summed E-state index contributed by atoms with van der Waals surface area (Å²) in [6.45, 7) is 10.0. The lowest BCUT2D eigenvalue weighted by atomic mass is 10.1. The van der Waals surface area contributed by atoms with E-state index in [-0.39, 0.29) is 23.6 Å². The third-order valence-electron chi connectivity index (χ3n) is 3.05. The summed E-state index contributed by atoms with van der Waals surface area (Å²) >= 11 is 0. The fraction of sp³-hybridized carbons (Fsp3) is 0.615. The molecular weight excluding hydrogens is 242 g/mol. The van der Waals surface area contributed by atoms with E-state index in [2.05, 4.69) is 20.7 Å². The van der Waals surface area contributed by atoms with Gasteiger partial charge in [0.15, 0.2) is 5.69 Å². The van der Waals surface area contributed by atoms with E-state index in [1.807, 2.05) is 34.6 Å². The van der Waals surface area contributed by atoms with Crippen LogP contribution in [-0.2, 0) is 0 Å². The number of anilines is 1. The first kappa shape index (κ1) is 15.4. The van der Waals surface area contributed by atoms with Crippen molar-refractivity contribution in [3.05, 3.63) is 17.7 Å². The van der Waals surface area contributed by atoms with Crippen molar-refractivity contribution >= 4 is 11.6 Å². The minimum atomic E-state index is -0.238. The zero-order valence-electron chi connectivity index (χ0n) is 12.2. The molecule has 6 heteroatoms. The monoisotopic (exact) mass is 265 g/mol. The Morgan fingerprint density at radius 3 is 2.37 bits per heavy atom. The number of amides is 1. The summed E-state index contributed by atoms with van der Waals surface area (Å²) in [6.07, 6.45) is 1.54. The van der Waals surface area contributed by atoms with E-state index in [4.69, 9.17) is 5.84 Å². The number of carbonyl (C=O) groups excluding carboxylic acids is 1. The van der Waals surface area contributed by atoms with Crippen LogP contribution < -0.4 is 16.6 Å². The maximum absolute atomic E-state index is 12.2. The highest BCUT2D eigenvalue weighted by molar-refractivity contribution is 5.97. The van der Waals surface area contributed by atoms with Gasteiger partial charge >= 0.3 is 0 Å². The molecule has 0 fully saturated rings. The van der Waals surface area contributed by atoms with Crippen LogP contribution in [0.4, 0.5) is 5.69 Å². The molecule has 0 spiro atoms. The number of rotatable bonds is 5. The highest BCUT2D eigenvalue weighted by Crippen LogP contribution is 2.16. The molecule has 4 N–H and O–H groups in total. The number of hydrogen-bond donors (Lipinski definition) is 3. The number of nitrogens with two attached hydrogens (primary N) is 1. The quantitative estimate of drug-likeness (QED) is 0.556. The smallest absolute Gasteiger partial charge is 0.272 e. The van der Waals surface area contributed by atoms with E-state index in [0.717, 1.165) is 0 Å². The van der Waals surface area contributed by atoms with Crippen molar-refractivity contribution in [2.45, 2.75) is 46.6 Å². The fourth-order valence-electron chi connectivity index (χ4n) is 1.39. The lowest BCUT2D eigenvalue weighted by Crippen LogP contribution is -2.37. The van der Waals surface area contributed by atoms with E-state index >= 15 is 0 Å². The maximum Gasteiger partial charge on any atom is 0.272 e. The highest BCUT2D eigenvalue weighted by Gasteiger charge is 2.18. The first-order chi connectivity index (χ1) is 8.86. The summed E-state index contributed by atoms with van der Waals surface area (Å²) < 4.78 is 0. The Morgan fingerprint density at radius 1 is 1.26 bits per heavy atom. The maximum atomic E-state index is 12.2. The average molecular weight is 265 g/mol. The number of carbonyl (C=O) groups is 1. The molecule has 1 rings (SSSR count). The third-order valence-corrected chi connectivity index (χ3v) is 3.05. The molecule has 1 atom stereocenters. The molecule has 0 aliphatic rings. The molecule has 0 radical (unpaired) electrons. The Balaban J connectivity index is 3.02. The molecule has 1 aromatic heterocycles. The van der Waals surface area contributed by atoms with Crippen LogP contribution >= 0.6 is 0 Å². The van der Waals surface area contributed by atoms with E-state index in [1.165, 1.54) is 6.20 Å². The summed E-state index contributed by atoms with van der Waals surface area (Å²) in [5.41, 5.74) is 3.17. The van der Waals surface area contributed by atoms with Crippen LogP contribution in [0.2, 0.25) is 0 Å². The van der Waals surface area contributed by atoms with Crippen molar-refractivity contribution < 1.29 is 4.79 Å². The van der Waals surface area contributed by atoms with Crippen LogP contribution in [0.25, 0.3) is 0 Å². The minimum absolute atomic E-state index is 0.0654. The number of nitrogen functional groups attached to an aromatic ring is 1. The van der Waals surface area contributed by atoms with Gasteiger partial charge in [0.25, 0.3) is 5.91 Å². The normalized spacial score (nSPS) is 12.6. The third kappa shape index (κ3) is 3.89. The molecule has 0 aliphatic heterocycles. The molecule has 1 heterocycles. The van der Waals surface area contributed by atoms with Gasteiger partial charge in [-0.3, -0.25) is 10.6 Å². The van der Waals surface area contributed by atoms with Crippen LogP contribution in [0.3, 0.4) is 0 Å². The molecule has 0 saturated heterocycles. The van der Waals surface area contributed by atoms with Gasteiger partial charge in [-0.15, -0.1) is 0 Å². The summed E-state index contributed by atoms with van der Waals surface area (Å²) in [4.78, 5) is 20.7. The Kier molecular flexibility index (Phi) is 5.23. The number of hydrazine groups is 1. The Hall–Kier alpha value is -1.69. The predicted molar refractivity (Wildman–Crippen MR) is 75.7 cm³/mol. The van der Waals surface area contributed by atoms with Gasteiger partial charge in [0.2, 0.25) is 0 Å². The van der Waals surface area contributed by atoms with Crippen LogP contribution in [0.1, 0.15) is 56.8 Å². The van der Waals surface area contributed by atoms with Crippen molar-refractivity contribution in [3.63, 3.8) is 0 Å². The van der Waals surface area contributed by atoms with Crippen LogP contribution in [-0.4, -0.2) is 21.9 Å². The topological polar surface area (TPSA) is 92.9 Å². The van der Waals surface area contributed by atoms with E-state index in [0.29, 0.717) is 17.4 Å². The SMILES string of the molecule is CC(C)c1ncc(NN)c(C(=O)NC(C)C(C)C)n1. The average Bonchev–Trinajstić information content (AvgIpc) is 2.37. The van der Waals surface area contributed by atoms with E-state index < -0.39 is 0 Å². The van der Waals surface area contributed by atoms with Gasteiger partial charge in [-0.05, 0) is 12.8 Å². The van der Waals surface area contributed by atoms with Crippen molar-refractivity contribution in [2.24, 2.45) is 11.8 Å². The second kappa shape index (κ2) is 6.47. The Labute approximate surface area is 114 Å². The van der Waals surface area contributed by atoms with Gasteiger partial charge < -0.3 is 10.7 Å². The van der Waals surface area contributed by atoms with Gasteiger partial charge in [-0.2, -0.15) is 0 Å². The molecule has 1 amide bonds. The molecule has 19 heavy (non-hydrogen) atoms. The zero-order valence-corrected chi connectivity index (χ0v) is 12.2. The van der Waals surface area contributed by atoms with E-state index in [1.54, 1.807) is 0 Å². The predicted octanol–water partition coefficient (Wildman–Crippen LogP) is 1.66. The van der Waals surface area contributed by atoms with Gasteiger partial charge in [0.1, 0.15) is 5.82 Å². The summed E-state index contributed by atoms with van der Waals surface area (Å²) in [7, 11) is 0. The van der Waals surface area contributed by atoms with E-state index in [9.17, 15) is 4.79 Å². The molecule has 0 bridgehead atoms. The Bertz CT molecular complexity index is 445. The van der Waals surface area contributed by atoms with Gasteiger partial charge in [0, 0.05) is 12.0 Å². The molecule has 6 nitrogen and oxygen atoms in total. The van der Waals surface area contributed by atoms with Gasteiger partial charge in [-0.1, -0.05) is 27.7 Å². The molecule has 1 aromatic rings. The van der Waals surface area contributed by atoms with Crippen LogP contribution in [0.15, 0.2) is 6.20 Å². The highest BCUT2D eigenvalue weighted by atomic mass is 16.2. The summed E-state index contributed by atoms with van der Waals surface area (Å²) in [6, 6.07) is 0.0654. The van der Waals surface area contributed by atoms with Crippen LogP contribution in [0, 0.1) is 5.92 Å². The largest absolute Gasteiger partial charge is 0.348 e. The Morgan fingerprint density at radius 2 is 1.89 bits per heavy atom. The van der Waals surface area contributed by atoms with Crippen molar-refractivity contribution in [3.8, 4) is 0 Å². The molecule has 0 aliphatic carbocycles. The van der Waals surface area contributed by atoms with Crippen molar-refractivity contribution in [1.29, 1.82) is 0 Å². The van der Waals surface area contributed by atoms with Crippen LogP contribution in [0.5, 0.6) is 0 Å². The fourth-order valence-corrected chi connectivity index (χ4v) is 1.39. The van der Waals surface area contributed by atoms with Gasteiger partial charge in [0.05, 0.1) is 11.9 Å². The number of aromatic nitrogens is 2. The number of nitrogens with one attached hydrogen (secondary N) is 2. The lowest BCUT2D eigenvalue weighted by Gasteiger charge is -2.18. The first-order valence-electron chi connectivity index (χ1n) is 6.51. The zero-order chi connectivity index (χ0) is 14.6. The number of hydrogen-bond acceptors (Lipinski definition) is 5. The second-order valence-electron chi connectivity index (χ2n) is 5.30. The molecule has 106 valence electrons. The van der Waals surface area contributed by atoms with Crippen molar-refractivity contribution in [1.82, 2.24) is 15.3 Å². The summed E-state index contributed by atoms with van der Waals surface area (Å²) in [5.74, 6) is 6.29. The molecular formula is C13H23N5O. The molecule has 0 saturated carbocycles. The second-order valence-corrected chi connectivity index (χ2v) is 5.30.